The standard InChI is InChI=1S/C20H38O2.C15H26O6/c1-3-5-6-7-8-9-10-11-12-13-14-15-16-17-18-19-20(21)22-4-2;1-4-7-13(16)19-10-12(21-15(18)9-6-3)11-20-14(17)8-5-2/h11-12H,3-10,13-19H2,1-2H3;12H,4-11H2,1-3H3/b12-11-;. The molecule has 0 unspecified atom stereocenters. The molecule has 0 aromatic heterocycles. The maximum absolute atomic E-state index is 11.5. The Morgan fingerprint density at radius 2 is 0.884 bits per heavy atom. The second-order valence-electron chi connectivity index (χ2n) is 10.9. The molecule has 0 bridgehead atoms. The van der Waals surface area contributed by atoms with Crippen LogP contribution < -0.4 is 0 Å². The van der Waals surface area contributed by atoms with Gasteiger partial charge in [-0.05, 0) is 58.3 Å². The third-order valence-electron chi connectivity index (χ3n) is 6.47. The molecule has 0 amide bonds. The Balaban J connectivity index is 0. The molecule has 8 heteroatoms. The third kappa shape index (κ3) is 34.0. The van der Waals surface area contributed by atoms with Gasteiger partial charge in [0.1, 0.15) is 13.2 Å². The van der Waals surface area contributed by atoms with Crippen molar-refractivity contribution >= 4 is 23.9 Å². The second kappa shape index (κ2) is 34.1. The molecule has 0 saturated heterocycles. The van der Waals surface area contributed by atoms with Crippen molar-refractivity contribution in [2.75, 3.05) is 19.8 Å². The van der Waals surface area contributed by atoms with Crippen LogP contribution in [0.2, 0.25) is 0 Å². The first-order valence-electron chi connectivity index (χ1n) is 17.2. The maximum Gasteiger partial charge on any atom is 0.306 e. The van der Waals surface area contributed by atoms with Crippen molar-refractivity contribution in [3.05, 3.63) is 12.2 Å². The van der Waals surface area contributed by atoms with E-state index >= 15 is 0 Å². The lowest BCUT2D eigenvalue weighted by Gasteiger charge is -2.18. The molecule has 0 rings (SSSR count). The van der Waals surface area contributed by atoms with Crippen LogP contribution in [-0.2, 0) is 38.1 Å². The van der Waals surface area contributed by atoms with Crippen molar-refractivity contribution in [3.63, 3.8) is 0 Å². The highest BCUT2D eigenvalue weighted by atomic mass is 16.6. The summed E-state index contributed by atoms with van der Waals surface area (Å²) in [6.45, 7) is 10.0. The van der Waals surface area contributed by atoms with Crippen LogP contribution in [0.15, 0.2) is 12.2 Å². The molecule has 0 aliphatic rings. The fraction of sp³-hybridized carbons (Fsp3) is 0.829. The Morgan fingerprint density at radius 3 is 1.35 bits per heavy atom. The lowest BCUT2D eigenvalue weighted by molar-refractivity contribution is -0.166. The summed E-state index contributed by atoms with van der Waals surface area (Å²) in [5, 5.41) is 0. The molecular weight excluding hydrogens is 548 g/mol. The number of rotatable bonds is 27. The van der Waals surface area contributed by atoms with E-state index in [1.54, 1.807) is 0 Å². The summed E-state index contributed by atoms with van der Waals surface area (Å²) >= 11 is 0. The first-order chi connectivity index (χ1) is 20.8. The van der Waals surface area contributed by atoms with Gasteiger partial charge in [-0.3, -0.25) is 19.2 Å². The highest BCUT2D eigenvalue weighted by Gasteiger charge is 2.18. The molecule has 0 heterocycles. The van der Waals surface area contributed by atoms with E-state index in [2.05, 4.69) is 19.1 Å². The van der Waals surface area contributed by atoms with E-state index in [0.717, 1.165) is 12.8 Å². The molecule has 0 N–H and O–H groups in total. The highest BCUT2D eigenvalue weighted by Crippen LogP contribution is 2.10. The van der Waals surface area contributed by atoms with Crippen LogP contribution in [0.25, 0.3) is 0 Å². The zero-order valence-corrected chi connectivity index (χ0v) is 28.3. The molecule has 0 spiro atoms. The first kappa shape index (κ1) is 42.8. The maximum atomic E-state index is 11.5. The summed E-state index contributed by atoms with van der Waals surface area (Å²) in [6.07, 6.45) is 24.2. The van der Waals surface area contributed by atoms with Crippen molar-refractivity contribution in [2.24, 2.45) is 0 Å². The molecule has 0 saturated carbocycles. The molecule has 0 atom stereocenters. The molecule has 8 nitrogen and oxygen atoms in total. The van der Waals surface area contributed by atoms with Gasteiger partial charge in [0.2, 0.25) is 0 Å². The minimum Gasteiger partial charge on any atom is -0.466 e. The van der Waals surface area contributed by atoms with E-state index in [1.807, 2.05) is 27.7 Å². The van der Waals surface area contributed by atoms with Crippen LogP contribution in [0.1, 0.15) is 163 Å². The summed E-state index contributed by atoms with van der Waals surface area (Å²) in [6, 6.07) is 0. The number of carbonyl (C=O) groups is 4. The summed E-state index contributed by atoms with van der Waals surface area (Å²) in [7, 11) is 0. The van der Waals surface area contributed by atoms with Gasteiger partial charge in [-0.1, -0.05) is 91.2 Å². The number of carbonyl (C=O) groups excluding carboxylic acids is 4. The van der Waals surface area contributed by atoms with Gasteiger partial charge in [0.05, 0.1) is 6.61 Å². The molecule has 0 aliphatic carbocycles. The molecule has 0 aliphatic heterocycles. The fourth-order valence-corrected chi connectivity index (χ4v) is 4.06. The zero-order valence-electron chi connectivity index (χ0n) is 28.3. The summed E-state index contributed by atoms with van der Waals surface area (Å²) in [4.78, 5) is 45.3. The first-order valence-corrected chi connectivity index (χ1v) is 17.2. The SMILES string of the molecule is CCCC(=O)OCC(COC(=O)CCC)OC(=O)CCC.CCCCCCCC/C=C\CCCCCCCC(=O)OCC. The molecule has 0 aromatic rings. The fourth-order valence-electron chi connectivity index (χ4n) is 4.06. The molecule has 43 heavy (non-hydrogen) atoms. The van der Waals surface area contributed by atoms with Crippen LogP contribution in [0.4, 0.5) is 0 Å². The summed E-state index contributed by atoms with van der Waals surface area (Å²) in [5.41, 5.74) is 0. The van der Waals surface area contributed by atoms with Crippen LogP contribution in [0.3, 0.4) is 0 Å². The molecular formula is C35H64O8. The number of allylic oxidation sites excluding steroid dienone is 2. The van der Waals surface area contributed by atoms with Gasteiger partial charge in [0.15, 0.2) is 6.10 Å². The predicted molar refractivity (Wildman–Crippen MR) is 173 cm³/mol. The van der Waals surface area contributed by atoms with Gasteiger partial charge in [-0.15, -0.1) is 0 Å². The van der Waals surface area contributed by atoms with Crippen LogP contribution in [0.5, 0.6) is 0 Å². The van der Waals surface area contributed by atoms with E-state index in [4.69, 9.17) is 18.9 Å². The largest absolute Gasteiger partial charge is 0.466 e. The smallest absolute Gasteiger partial charge is 0.306 e. The van der Waals surface area contributed by atoms with E-state index in [1.165, 1.54) is 70.6 Å². The Morgan fingerprint density at radius 1 is 0.465 bits per heavy atom. The minimum atomic E-state index is -0.745. The van der Waals surface area contributed by atoms with Crippen LogP contribution in [0, 0.1) is 0 Å². The van der Waals surface area contributed by atoms with Crippen LogP contribution >= 0.6 is 0 Å². The quantitative estimate of drug-likeness (QED) is 0.0392. The van der Waals surface area contributed by atoms with Crippen molar-refractivity contribution in [1.82, 2.24) is 0 Å². The lowest BCUT2D eigenvalue weighted by atomic mass is 10.1. The van der Waals surface area contributed by atoms with Crippen molar-refractivity contribution in [3.8, 4) is 0 Å². The van der Waals surface area contributed by atoms with Gasteiger partial charge in [0, 0.05) is 25.7 Å². The number of esters is 4. The van der Waals surface area contributed by atoms with Crippen LogP contribution in [-0.4, -0.2) is 49.8 Å². The average molecular weight is 613 g/mol. The van der Waals surface area contributed by atoms with Gasteiger partial charge in [-0.25, -0.2) is 0 Å². The van der Waals surface area contributed by atoms with E-state index in [0.29, 0.717) is 45.1 Å². The predicted octanol–water partition coefficient (Wildman–Crippen LogP) is 8.97. The Labute approximate surface area is 263 Å². The van der Waals surface area contributed by atoms with Gasteiger partial charge in [-0.2, -0.15) is 0 Å². The van der Waals surface area contributed by atoms with Gasteiger partial charge < -0.3 is 18.9 Å². The number of ether oxygens (including phenoxy) is 4. The van der Waals surface area contributed by atoms with E-state index in [-0.39, 0.29) is 43.5 Å². The monoisotopic (exact) mass is 612 g/mol. The van der Waals surface area contributed by atoms with Crippen molar-refractivity contribution in [2.45, 2.75) is 169 Å². The molecule has 252 valence electrons. The van der Waals surface area contributed by atoms with Crippen molar-refractivity contribution in [1.29, 1.82) is 0 Å². The second-order valence-corrected chi connectivity index (χ2v) is 10.9. The van der Waals surface area contributed by atoms with E-state index < -0.39 is 6.10 Å². The number of hydrogen-bond acceptors (Lipinski definition) is 8. The zero-order chi connectivity index (χ0) is 32.4. The third-order valence-corrected chi connectivity index (χ3v) is 6.47. The lowest BCUT2D eigenvalue weighted by Crippen LogP contribution is -2.30. The Bertz CT molecular complexity index is 682. The topological polar surface area (TPSA) is 105 Å². The Hall–Kier alpha value is -2.38. The average Bonchev–Trinajstić information content (AvgIpc) is 2.97. The normalized spacial score (nSPS) is 10.7. The van der Waals surface area contributed by atoms with Gasteiger partial charge in [0.25, 0.3) is 0 Å². The summed E-state index contributed by atoms with van der Waals surface area (Å²) in [5.74, 6) is -1.14. The minimum absolute atomic E-state index is 0.0415. The van der Waals surface area contributed by atoms with E-state index in [9.17, 15) is 19.2 Å². The molecule has 0 fully saturated rings. The Kier molecular flexibility index (Phi) is 33.9. The highest BCUT2D eigenvalue weighted by molar-refractivity contribution is 5.71. The number of unbranched alkanes of at least 4 members (excludes halogenated alkanes) is 11. The summed E-state index contributed by atoms with van der Waals surface area (Å²) < 4.78 is 20.1. The molecule has 0 radical (unpaired) electrons. The van der Waals surface area contributed by atoms with Gasteiger partial charge >= 0.3 is 23.9 Å². The molecule has 0 aromatic carbocycles. The van der Waals surface area contributed by atoms with Crippen molar-refractivity contribution < 1.29 is 38.1 Å². The number of hydrogen-bond donors (Lipinski definition) is 0.